The minimum absolute atomic E-state index is 0.0281. The maximum Gasteiger partial charge on any atom is 0.363 e. The van der Waals surface area contributed by atoms with Crippen LogP contribution >= 0.6 is 23.2 Å². The number of aryl methyl sites for hydroxylation is 1. The van der Waals surface area contributed by atoms with Crippen LogP contribution in [0.4, 0.5) is 5.69 Å². The standard InChI is InChI=1S/C26H20Cl2N2O6/c1-3-34-23-12-16(10-21(28)24(23)35-14-17-7-5-4-6-15(17)2)11-22-26(31)36-25(29-22)19-13-18(30(32)33)8-9-20(19)27/h4-13H,3,14H2,1-2H3. The summed E-state index contributed by atoms with van der Waals surface area (Å²) in [6, 6.07) is 14.9. The Morgan fingerprint density at radius 1 is 1.08 bits per heavy atom. The topological polar surface area (TPSA) is 100 Å². The maximum absolute atomic E-state index is 12.5. The van der Waals surface area contributed by atoms with Gasteiger partial charge in [-0.15, -0.1) is 0 Å². The number of rotatable bonds is 8. The van der Waals surface area contributed by atoms with Gasteiger partial charge in [-0.3, -0.25) is 10.1 Å². The van der Waals surface area contributed by atoms with Gasteiger partial charge in [0.15, 0.2) is 17.2 Å². The lowest BCUT2D eigenvalue weighted by Gasteiger charge is -2.15. The summed E-state index contributed by atoms with van der Waals surface area (Å²) in [5.74, 6) is -0.0796. The van der Waals surface area contributed by atoms with E-state index in [-0.39, 0.29) is 27.9 Å². The van der Waals surface area contributed by atoms with E-state index < -0.39 is 10.9 Å². The number of non-ortho nitro benzene ring substituents is 1. The predicted molar refractivity (Wildman–Crippen MR) is 137 cm³/mol. The quantitative estimate of drug-likeness (QED) is 0.143. The third-order valence-corrected chi connectivity index (χ3v) is 5.89. The van der Waals surface area contributed by atoms with Crippen molar-refractivity contribution in [2.75, 3.05) is 6.61 Å². The third-order valence-electron chi connectivity index (χ3n) is 5.28. The SMILES string of the molecule is CCOc1cc(C=C2N=C(c3cc([N+](=O)[O-])ccc3Cl)OC2=O)cc(Cl)c1OCc1ccccc1C. The number of halogens is 2. The number of nitro groups is 1. The third kappa shape index (κ3) is 5.50. The zero-order chi connectivity index (χ0) is 25.8. The second-order valence-electron chi connectivity index (χ2n) is 7.74. The maximum atomic E-state index is 12.5. The van der Waals surface area contributed by atoms with Crippen molar-refractivity contribution in [3.8, 4) is 11.5 Å². The van der Waals surface area contributed by atoms with E-state index in [1.165, 1.54) is 24.3 Å². The molecular weight excluding hydrogens is 507 g/mol. The zero-order valence-electron chi connectivity index (χ0n) is 19.3. The van der Waals surface area contributed by atoms with Gasteiger partial charge >= 0.3 is 5.97 Å². The number of carbonyl (C=O) groups is 1. The Bertz CT molecular complexity index is 1420. The summed E-state index contributed by atoms with van der Waals surface area (Å²) < 4.78 is 16.9. The molecule has 0 N–H and O–H groups in total. The van der Waals surface area contributed by atoms with Crippen LogP contribution < -0.4 is 9.47 Å². The summed E-state index contributed by atoms with van der Waals surface area (Å²) in [4.78, 5) is 27.2. The molecule has 1 aliphatic rings. The van der Waals surface area contributed by atoms with Crippen LogP contribution in [0.15, 0.2) is 65.3 Å². The predicted octanol–water partition coefficient (Wildman–Crippen LogP) is 6.53. The number of nitrogens with zero attached hydrogens (tertiary/aromatic N) is 2. The molecule has 0 radical (unpaired) electrons. The first-order valence-corrected chi connectivity index (χ1v) is 11.6. The first-order chi connectivity index (χ1) is 17.3. The Labute approximate surface area is 216 Å². The average molecular weight is 527 g/mol. The van der Waals surface area contributed by atoms with E-state index in [1.54, 1.807) is 12.1 Å². The number of aliphatic imine (C=N–C) groups is 1. The Balaban J connectivity index is 1.65. The molecule has 184 valence electrons. The molecule has 0 spiro atoms. The first kappa shape index (κ1) is 25.2. The van der Waals surface area contributed by atoms with Gasteiger partial charge < -0.3 is 14.2 Å². The Hall–Kier alpha value is -3.88. The molecule has 0 unspecified atom stereocenters. The second kappa shape index (κ2) is 10.8. The molecule has 0 atom stereocenters. The average Bonchev–Trinajstić information content (AvgIpc) is 3.19. The van der Waals surface area contributed by atoms with Gasteiger partial charge in [0.05, 0.1) is 27.1 Å². The van der Waals surface area contributed by atoms with Crippen LogP contribution in [0.25, 0.3) is 6.08 Å². The summed E-state index contributed by atoms with van der Waals surface area (Å²) >= 11 is 12.7. The van der Waals surface area contributed by atoms with Gasteiger partial charge in [-0.25, -0.2) is 9.79 Å². The summed E-state index contributed by atoms with van der Waals surface area (Å²) in [5, 5.41) is 11.6. The van der Waals surface area contributed by atoms with Crippen LogP contribution in [-0.4, -0.2) is 23.4 Å². The van der Waals surface area contributed by atoms with Gasteiger partial charge in [0.2, 0.25) is 5.90 Å². The summed E-state index contributed by atoms with van der Waals surface area (Å²) in [7, 11) is 0. The fraction of sp³-hybridized carbons (Fsp3) is 0.154. The molecule has 0 aliphatic carbocycles. The summed E-state index contributed by atoms with van der Waals surface area (Å²) in [6.45, 7) is 4.50. The summed E-state index contributed by atoms with van der Waals surface area (Å²) in [5.41, 5.74) is 2.52. The molecule has 0 aromatic heterocycles. The smallest absolute Gasteiger partial charge is 0.363 e. The second-order valence-corrected chi connectivity index (χ2v) is 8.55. The molecule has 0 fully saturated rings. The molecule has 3 aromatic rings. The van der Waals surface area contributed by atoms with Crippen LogP contribution in [0.2, 0.25) is 10.0 Å². The van der Waals surface area contributed by atoms with Crippen molar-refractivity contribution < 1.29 is 23.9 Å². The lowest BCUT2D eigenvalue weighted by Crippen LogP contribution is -2.06. The van der Waals surface area contributed by atoms with Gasteiger partial charge in [-0.2, -0.15) is 0 Å². The molecule has 10 heteroatoms. The Morgan fingerprint density at radius 3 is 2.58 bits per heavy atom. The number of cyclic esters (lactones) is 1. The fourth-order valence-corrected chi connectivity index (χ4v) is 3.94. The molecule has 36 heavy (non-hydrogen) atoms. The molecule has 8 nitrogen and oxygen atoms in total. The van der Waals surface area contributed by atoms with Gasteiger partial charge in [0, 0.05) is 12.1 Å². The van der Waals surface area contributed by atoms with E-state index in [0.29, 0.717) is 35.3 Å². The van der Waals surface area contributed by atoms with E-state index in [2.05, 4.69) is 4.99 Å². The van der Waals surface area contributed by atoms with Gasteiger partial charge in [0.25, 0.3) is 5.69 Å². The number of ether oxygens (including phenoxy) is 3. The number of nitro benzene ring substituents is 1. The van der Waals surface area contributed by atoms with E-state index in [1.807, 2.05) is 38.1 Å². The molecule has 1 heterocycles. The number of hydrogen-bond acceptors (Lipinski definition) is 7. The number of esters is 1. The van der Waals surface area contributed by atoms with E-state index in [9.17, 15) is 14.9 Å². The van der Waals surface area contributed by atoms with Crippen LogP contribution in [0.5, 0.6) is 11.5 Å². The molecule has 3 aromatic carbocycles. The normalized spacial score (nSPS) is 13.9. The molecule has 0 bridgehead atoms. The van der Waals surface area contributed by atoms with Crippen molar-refractivity contribution in [3.05, 3.63) is 103 Å². The van der Waals surface area contributed by atoms with Crippen molar-refractivity contribution in [3.63, 3.8) is 0 Å². The lowest BCUT2D eigenvalue weighted by atomic mass is 10.1. The number of hydrogen-bond donors (Lipinski definition) is 0. The van der Waals surface area contributed by atoms with E-state index in [0.717, 1.165) is 11.1 Å². The fourth-order valence-electron chi connectivity index (χ4n) is 3.47. The largest absolute Gasteiger partial charge is 0.490 e. The van der Waals surface area contributed by atoms with Crippen molar-refractivity contribution in [2.24, 2.45) is 4.99 Å². The number of benzene rings is 3. The highest BCUT2D eigenvalue weighted by atomic mass is 35.5. The van der Waals surface area contributed by atoms with Crippen LogP contribution in [0.1, 0.15) is 29.2 Å². The van der Waals surface area contributed by atoms with Crippen LogP contribution in [0, 0.1) is 17.0 Å². The molecular formula is C26H20Cl2N2O6. The van der Waals surface area contributed by atoms with Crippen molar-refractivity contribution in [1.82, 2.24) is 0 Å². The lowest BCUT2D eigenvalue weighted by molar-refractivity contribution is -0.384. The van der Waals surface area contributed by atoms with Crippen LogP contribution in [-0.2, 0) is 16.1 Å². The zero-order valence-corrected chi connectivity index (χ0v) is 20.8. The highest BCUT2D eigenvalue weighted by Crippen LogP contribution is 2.38. The molecule has 4 rings (SSSR count). The molecule has 0 saturated heterocycles. The minimum atomic E-state index is -0.735. The molecule has 0 amide bonds. The number of carbonyl (C=O) groups excluding carboxylic acids is 1. The van der Waals surface area contributed by atoms with E-state index in [4.69, 9.17) is 37.4 Å². The Morgan fingerprint density at radius 2 is 1.86 bits per heavy atom. The van der Waals surface area contributed by atoms with E-state index >= 15 is 0 Å². The van der Waals surface area contributed by atoms with Gasteiger partial charge in [-0.05, 0) is 54.8 Å². The van der Waals surface area contributed by atoms with Crippen LogP contribution in [0.3, 0.4) is 0 Å². The van der Waals surface area contributed by atoms with Gasteiger partial charge in [-0.1, -0.05) is 47.5 Å². The first-order valence-electron chi connectivity index (χ1n) is 10.9. The highest BCUT2D eigenvalue weighted by molar-refractivity contribution is 6.34. The summed E-state index contributed by atoms with van der Waals surface area (Å²) in [6.07, 6.45) is 1.47. The van der Waals surface area contributed by atoms with Crippen molar-refractivity contribution >= 4 is 46.8 Å². The Kier molecular flexibility index (Phi) is 7.57. The minimum Gasteiger partial charge on any atom is -0.490 e. The van der Waals surface area contributed by atoms with Gasteiger partial charge in [0.1, 0.15) is 6.61 Å². The van der Waals surface area contributed by atoms with Crippen molar-refractivity contribution in [2.45, 2.75) is 20.5 Å². The van der Waals surface area contributed by atoms with Crippen molar-refractivity contribution in [1.29, 1.82) is 0 Å². The monoisotopic (exact) mass is 526 g/mol. The highest BCUT2D eigenvalue weighted by Gasteiger charge is 2.27. The molecule has 1 aliphatic heterocycles. The molecule has 0 saturated carbocycles.